The summed E-state index contributed by atoms with van der Waals surface area (Å²) in [5.74, 6) is -13.8. The number of primary amides is 1. The quantitative estimate of drug-likeness (QED) is 0.0684. The smallest absolute Gasteiger partial charge is 0.330 e. The number of nitrogens with zero attached hydrogens (tertiary/aromatic N) is 1. The Bertz CT molecular complexity index is 4050. The number of fused-ring (bicyclic) bond motifs is 14. The Kier molecular flexibility index (Phi) is 20.9. The lowest BCUT2D eigenvalue weighted by molar-refractivity contribution is -0.143. The predicted molar refractivity (Wildman–Crippen MR) is 359 cm³/mol. The van der Waals surface area contributed by atoms with Gasteiger partial charge in [-0.05, 0) is 158 Å². The van der Waals surface area contributed by atoms with Gasteiger partial charge in [0.15, 0.2) is 17.5 Å². The van der Waals surface area contributed by atoms with Crippen molar-refractivity contribution >= 4 is 64.8 Å². The van der Waals surface area contributed by atoms with E-state index in [2.05, 4.69) is 42.5 Å². The summed E-state index contributed by atoms with van der Waals surface area (Å²) in [7, 11) is 3.02. The summed E-state index contributed by atoms with van der Waals surface area (Å²) in [6, 6.07) is 0.371. The van der Waals surface area contributed by atoms with E-state index in [1.54, 1.807) is 20.9 Å². The number of halogens is 1. The highest BCUT2D eigenvalue weighted by molar-refractivity contribution is 6.32. The van der Waals surface area contributed by atoms with Gasteiger partial charge in [-0.1, -0.05) is 69.6 Å². The highest BCUT2D eigenvalue weighted by atomic mass is 35.5. The molecule has 8 amide bonds. The zero-order valence-electron chi connectivity index (χ0n) is 55.7. The maximum Gasteiger partial charge on any atom is 0.330 e. The molecule has 0 saturated heterocycles. The fourth-order valence-electron chi connectivity index (χ4n) is 15.4. The topological polar surface area (TPSA) is 439 Å². The van der Waals surface area contributed by atoms with Crippen LogP contribution in [-0.2, 0) is 49.7 Å². The second kappa shape index (κ2) is 29.2. The first-order valence-electron chi connectivity index (χ1n) is 33.4. The van der Waals surface area contributed by atoms with Gasteiger partial charge < -0.3 is 98.4 Å². The first-order chi connectivity index (χ1) is 47.5. The van der Waals surface area contributed by atoms with Gasteiger partial charge in [0.1, 0.15) is 77.2 Å². The van der Waals surface area contributed by atoms with Crippen LogP contribution in [0.25, 0.3) is 11.1 Å². The molecular weight excluding hydrogens is 1320 g/mol. The summed E-state index contributed by atoms with van der Waals surface area (Å²) in [5.41, 5.74) is 3.06. The van der Waals surface area contributed by atoms with Crippen LogP contribution in [-0.4, -0.2) is 144 Å². The van der Waals surface area contributed by atoms with Crippen LogP contribution in [0.4, 0.5) is 0 Å². The fourth-order valence-corrected chi connectivity index (χ4v) is 15.6. The van der Waals surface area contributed by atoms with Crippen molar-refractivity contribution in [2.24, 2.45) is 41.2 Å². The molecule has 5 heterocycles. The zero-order chi connectivity index (χ0) is 72.0. The van der Waals surface area contributed by atoms with Gasteiger partial charge >= 0.3 is 5.97 Å². The Labute approximate surface area is 580 Å². The number of ether oxygens (including phenoxy) is 2. The number of aliphatic hydroxyl groups excluding tert-OH is 2. The van der Waals surface area contributed by atoms with Crippen molar-refractivity contribution in [2.45, 2.75) is 152 Å². The Balaban J connectivity index is 1.06. The Morgan fingerprint density at radius 1 is 0.650 bits per heavy atom. The second-order valence-electron chi connectivity index (χ2n) is 27.9. The number of aliphatic hydroxyl groups is 2. The number of nitrogens with two attached hydrogens (primary N) is 1. The Morgan fingerprint density at radius 3 is 1.90 bits per heavy atom. The van der Waals surface area contributed by atoms with Gasteiger partial charge in [-0.15, -0.1) is 0 Å². The summed E-state index contributed by atoms with van der Waals surface area (Å²) in [4.78, 5) is 134. The maximum absolute atomic E-state index is 16.0. The zero-order valence-corrected chi connectivity index (χ0v) is 56.5. The van der Waals surface area contributed by atoms with Crippen molar-refractivity contribution in [1.82, 2.24) is 47.4 Å². The molecule has 28 nitrogen and oxygen atoms in total. The number of phenols is 4. The van der Waals surface area contributed by atoms with Crippen LogP contribution in [0.3, 0.4) is 0 Å². The standard InChI is InChI=1S/C71H83ClN10O18/c1-29(2)16-44(74-5)70(96)82(6)45(17-30(3)4)65(91)80-59-61(87)34-12-15-48(42(72)23-34)100-50-25-37-24-49(63(50)89)99-38-13-10-33(11-14-38)60(86)58-69(95)79-57(71(97)98)40-26-47(84)41(28-75-54-35-19-31-18-32(21-35)22-36(54)20-31)62(88)53(40)52-39(8-7-9-46(52)83)56(67(93)81-58)78-66(92)55(37)77-64(90)43(27-51(73)85)76-68(59)94/h7-15,23-26,29-32,35-36,43-45,54-61,74-75,83-84,86-89H,16-22,27-28H2,1-6H3,(H2,73,85)(H,76,94)(H,77,90)(H,78,92)(H,79,95)(H,80,91)(H,81,93)(H,97,98). The van der Waals surface area contributed by atoms with Crippen LogP contribution in [0.15, 0.2) is 78.9 Å². The number of aromatic hydroxyl groups is 4. The van der Waals surface area contributed by atoms with Crippen molar-refractivity contribution in [3.8, 4) is 57.1 Å². The van der Waals surface area contributed by atoms with Crippen LogP contribution >= 0.6 is 11.6 Å². The number of carboxylic acids is 1. The van der Waals surface area contributed by atoms with Gasteiger partial charge in [-0.25, -0.2) is 4.79 Å². The van der Waals surface area contributed by atoms with Crippen LogP contribution in [0.1, 0.15) is 143 Å². The van der Waals surface area contributed by atoms with Gasteiger partial charge in [0, 0.05) is 36.3 Å². The lowest BCUT2D eigenvalue weighted by atomic mass is 9.54. The number of nitrogens with one attached hydrogen (secondary N) is 8. The number of carbonyl (C=O) groups excluding carboxylic acids is 8. The number of carbonyl (C=O) groups is 9. The molecule has 4 aliphatic carbocycles. The lowest BCUT2D eigenvalue weighted by Gasteiger charge is -2.54. The molecule has 10 unspecified atom stereocenters. The molecule has 10 atom stereocenters. The van der Waals surface area contributed by atoms with Crippen molar-refractivity contribution in [3.63, 3.8) is 0 Å². The molecule has 5 aromatic rings. The van der Waals surface area contributed by atoms with E-state index in [1.165, 1.54) is 73.0 Å². The van der Waals surface area contributed by atoms with Crippen molar-refractivity contribution in [3.05, 3.63) is 117 Å². The maximum atomic E-state index is 16.0. The predicted octanol–water partition coefficient (Wildman–Crippen LogP) is 4.53. The highest BCUT2D eigenvalue weighted by Gasteiger charge is 2.49. The number of likely N-dealkylation sites (N-methyl/N-ethyl adjacent to an activating group) is 2. The van der Waals surface area contributed by atoms with E-state index in [1.807, 2.05) is 13.8 Å². The normalized spacial score (nSPS) is 26.1. The molecule has 4 saturated carbocycles. The summed E-state index contributed by atoms with van der Waals surface area (Å²) in [6.45, 7) is 7.24. The van der Waals surface area contributed by atoms with E-state index < -0.39 is 177 Å². The van der Waals surface area contributed by atoms with Gasteiger partial charge in [0.2, 0.25) is 53.0 Å². The molecule has 0 spiro atoms. The minimum atomic E-state index is -2.25. The molecule has 5 aromatic carbocycles. The van der Waals surface area contributed by atoms with Gasteiger partial charge in [0.25, 0.3) is 0 Å². The van der Waals surface area contributed by atoms with E-state index in [9.17, 15) is 59.7 Å². The third-order valence-electron chi connectivity index (χ3n) is 20.1. The number of benzene rings is 5. The van der Waals surface area contributed by atoms with E-state index in [0.29, 0.717) is 30.1 Å². The van der Waals surface area contributed by atoms with Crippen molar-refractivity contribution < 1.29 is 88.4 Å². The Morgan fingerprint density at radius 2 is 1.28 bits per heavy atom. The molecule has 17 N–H and O–H groups in total. The minimum Gasteiger partial charge on any atom is -0.507 e. The number of amides is 8. The van der Waals surface area contributed by atoms with Crippen LogP contribution in [0, 0.1) is 35.5 Å². The van der Waals surface area contributed by atoms with Crippen molar-refractivity contribution in [2.75, 3.05) is 14.1 Å². The number of rotatable bonds is 15. The molecular formula is C71H83ClN10O18. The monoisotopic (exact) mass is 1400 g/mol. The molecule has 0 radical (unpaired) electrons. The molecule has 4 fully saturated rings. The minimum absolute atomic E-state index is 0.0225. The second-order valence-corrected chi connectivity index (χ2v) is 28.3. The van der Waals surface area contributed by atoms with Crippen LogP contribution in [0.5, 0.6) is 46.0 Å². The number of carboxylic acid groups (broad SMARTS) is 1. The fraction of sp³-hybridized carbons (Fsp3) is 0.451. The van der Waals surface area contributed by atoms with E-state index in [-0.39, 0.29) is 69.6 Å². The highest BCUT2D eigenvalue weighted by Crippen LogP contribution is 2.55. The number of phenolic OH excluding ortho intramolecular Hbond substituents is 4. The molecule has 532 valence electrons. The number of aliphatic carboxylic acids is 1. The number of hydrogen-bond donors (Lipinski definition) is 16. The molecule has 5 aliphatic heterocycles. The van der Waals surface area contributed by atoms with Crippen LogP contribution < -0.4 is 57.7 Å². The third kappa shape index (κ3) is 14.6. The van der Waals surface area contributed by atoms with Gasteiger partial charge in [-0.3, -0.25) is 38.4 Å². The molecule has 29 heteroatoms. The van der Waals surface area contributed by atoms with Gasteiger partial charge in [0.05, 0.1) is 23.0 Å². The summed E-state index contributed by atoms with van der Waals surface area (Å²) < 4.78 is 12.5. The Hall–Kier alpha value is -9.74. The molecule has 14 rings (SSSR count). The van der Waals surface area contributed by atoms with Crippen LogP contribution in [0.2, 0.25) is 5.02 Å². The summed E-state index contributed by atoms with van der Waals surface area (Å²) in [6.07, 6.45) is 0.420. The van der Waals surface area contributed by atoms with E-state index >= 15 is 19.2 Å². The molecule has 13 bridgehead atoms. The SMILES string of the molecule is CNC(CC(C)C)C(=O)N(C)C(CC(C)C)C(=O)NC1C(=O)NC(CC(N)=O)C(=O)NC2C(=O)NC3C(=O)NC(C(=O)NC(C(=O)O)c4cc(O)c(CNC5C6CC7CC(C6)CC5C7)c(O)c4-c4c(O)cccc43)C(O)c3ccc(cc3)Oc3cc2cc(c3O)Oc2ccc(cc2Cl)C1O. The van der Waals surface area contributed by atoms with E-state index in [0.717, 1.165) is 49.9 Å². The van der Waals surface area contributed by atoms with E-state index in [4.69, 9.17) is 26.8 Å². The third-order valence-corrected chi connectivity index (χ3v) is 20.4. The molecule has 9 aliphatic rings. The summed E-state index contributed by atoms with van der Waals surface area (Å²) >= 11 is 6.93. The van der Waals surface area contributed by atoms with Gasteiger partial charge in [-0.2, -0.15) is 0 Å². The summed E-state index contributed by atoms with van der Waals surface area (Å²) in [5, 5.41) is 106. The first kappa shape index (κ1) is 71.5. The molecule has 0 aromatic heterocycles. The van der Waals surface area contributed by atoms with Crippen molar-refractivity contribution in [1.29, 1.82) is 0 Å². The average molecular weight is 1400 g/mol. The average Bonchev–Trinajstić information content (AvgIpc) is 1.08. The largest absolute Gasteiger partial charge is 0.507 e. The lowest BCUT2D eigenvalue weighted by Crippen LogP contribution is -2.60. The molecule has 100 heavy (non-hydrogen) atoms. The number of hydrogen-bond acceptors (Lipinski definition) is 19. The first-order valence-corrected chi connectivity index (χ1v) is 33.7.